The van der Waals surface area contributed by atoms with Gasteiger partial charge in [0, 0.05) is 63.2 Å². The van der Waals surface area contributed by atoms with Gasteiger partial charge in [-0.2, -0.15) is 0 Å². The molecule has 0 bridgehead atoms. The van der Waals surface area contributed by atoms with Gasteiger partial charge in [-0.15, -0.1) is 0 Å². The van der Waals surface area contributed by atoms with E-state index in [1.165, 1.54) is 6.33 Å². The van der Waals surface area contributed by atoms with Gasteiger partial charge < -0.3 is 15.0 Å². The first-order valence-electron chi connectivity index (χ1n) is 8.91. The molecular weight excluding hydrogens is 332 g/mol. The highest BCUT2D eigenvalue weighted by molar-refractivity contribution is 5.93. The highest BCUT2D eigenvalue weighted by Gasteiger charge is 2.41. The third kappa shape index (κ3) is 3.65. The van der Waals surface area contributed by atoms with Gasteiger partial charge in [0.2, 0.25) is 5.95 Å². The van der Waals surface area contributed by atoms with Gasteiger partial charge in [0.15, 0.2) is 0 Å². The molecule has 136 valence electrons. The van der Waals surface area contributed by atoms with Gasteiger partial charge in [-0.25, -0.2) is 19.9 Å². The van der Waals surface area contributed by atoms with Crippen LogP contribution in [0.3, 0.4) is 0 Å². The Hall–Kier alpha value is -2.61. The average Bonchev–Trinajstić information content (AvgIpc) is 3.11. The van der Waals surface area contributed by atoms with E-state index in [1.807, 2.05) is 4.90 Å². The van der Waals surface area contributed by atoms with Crippen LogP contribution in [0.4, 0.5) is 5.95 Å². The molecule has 2 aromatic rings. The second-order valence-electron chi connectivity index (χ2n) is 6.98. The number of nitrogens with zero attached hydrogens (tertiary/aromatic N) is 5. The summed E-state index contributed by atoms with van der Waals surface area (Å²) in [5.41, 5.74) is 1.71. The van der Waals surface area contributed by atoms with Crippen LogP contribution in [-0.2, 0) is 11.3 Å². The number of anilines is 1. The Labute approximate surface area is 152 Å². The highest BCUT2D eigenvalue weighted by Crippen LogP contribution is 2.40. The van der Waals surface area contributed by atoms with Crippen LogP contribution >= 0.6 is 0 Å². The molecule has 0 radical (unpaired) electrons. The molecule has 0 aliphatic carbocycles. The predicted octanol–water partition coefficient (Wildman–Crippen LogP) is 1.52. The fourth-order valence-corrected chi connectivity index (χ4v) is 3.64. The lowest BCUT2D eigenvalue weighted by Crippen LogP contribution is -2.35. The first-order valence-corrected chi connectivity index (χ1v) is 8.91. The molecule has 8 nitrogen and oxygen atoms in total. The second kappa shape index (κ2) is 7.33. The SMILES string of the molecule is O=C(c1cnc(NCc2cncnc2)nc1)N1CCC2(CCOCC2)C1. The molecule has 0 unspecified atom stereocenters. The zero-order valence-electron chi connectivity index (χ0n) is 14.6. The number of ether oxygens (including phenoxy) is 1. The molecule has 4 rings (SSSR count). The van der Waals surface area contributed by atoms with Crippen LogP contribution in [0, 0.1) is 5.41 Å². The number of hydrogen-bond acceptors (Lipinski definition) is 7. The number of hydrogen-bond donors (Lipinski definition) is 1. The number of aromatic nitrogens is 4. The summed E-state index contributed by atoms with van der Waals surface area (Å²) in [6.45, 7) is 3.75. The summed E-state index contributed by atoms with van der Waals surface area (Å²) in [4.78, 5) is 31.1. The Morgan fingerprint density at radius 3 is 2.58 bits per heavy atom. The zero-order chi connectivity index (χ0) is 17.8. The molecule has 0 saturated carbocycles. The van der Waals surface area contributed by atoms with Crippen molar-refractivity contribution >= 4 is 11.9 Å². The summed E-state index contributed by atoms with van der Waals surface area (Å²) in [7, 11) is 0. The van der Waals surface area contributed by atoms with E-state index in [4.69, 9.17) is 4.74 Å². The summed E-state index contributed by atoms with van der Waals surface area (Å²) >= 11 is 0. The van der Waals surface area contributed by atoms with Crippen LogP contribution in [0.5, 0.6) is 0 Å². The van der Waals surface area contributed by atoms with E-state index in [9.17, 15) is 4.79 Å². The molecule has 2 fully saturated rings. The van der Waals surface area contributed by atoms with E-state index in [1.54, 1.807) is 24.8 Å². The van der Waals surface area contributed by atoms with Gasteiger partial charge in [-0.3, -0.25) is 4.79 Å². The molecule has 4 heterocycles. The van der Waals surface area contributed by atoms with E-state index in [0.29, 0.717) is 18.1 Å². The normalized spacial score (nSPS) is 18.8. The van der Waals surface area contributed by atoms with Gasteiger partial charge in [-0.05, 0) is 24.7 Å². The van der Waals surface area contributed by atoms with Crippen molar-refractivity contribution in [1.82, 2.24) is 24.8 Å². The Morgan fingerprint density at radius 2 is 1.85 bits per heavy atom. The van der Waals surface area contributed by atoms with Crippen molar-refractivity contribution in [3.63, 3.8) is 0 Å². The molecule has 0 aromatic carbocycles. The summed E-state index contributed by atoms with van der Waals surface area (Å²) in [5, 5.41) is 3.10. The monoisotopic (exact) mass is 354 g/mol. The molecule has 2 aromatic heterocycles. The lowest BCUT2D eigenvalue weighted by molar-refractivity contribution is 0.0191. The van der Waals surface area contributed by atoms with Crippen LogP contribution in [0.25, 0.3) is 0 Å². The fraction of sp³-hybridized carbons (Fsp3) is 0.500. The minimum absolute atomic E-state index is 0.0105. The number of amides is 1. The lowest BCUT2D eigenvalue weighted by atomic mass is 9.80. The molecule has 8 heteroatoms. The molecule has 2 aliphatic rings. The standard InChI is InChI=1S/C18H22N6O2/c25-16(24-4-1-18(12-24)2-5-26-6-3-18)15-10-22-17(23-11-15)21-9-14-7-19-13-20-8-14/h7-8,10-11,13H,1-6,9,12H2,(H,21,22,23). The van der Waals surface area contributed by atoms with Crippen LogP contribution in [0.15, 0.2) is 31.1 Å². The van der Waals surface area contributed by atoms with Crippen molar-refractivity contribution in [3.05, 3.63) is 42.2 Å². The van der Waals surface area contributed by atoms with Gasteiger partial charge >= 0.3 is 0 Å². The van der Waals surface area contributed by atoms with Crippen molar-refractivity contribution in [2.45, 2.75) is 25.8 Å². The smallest absolute Gasteiger partial charge is 0.257 e. The molecule has 1 amide bonds. The highest BCUT2D eigenvalue weighted by atomic mass is 16.5. The van der Waals surface area contributed by atoms with E-state index in [2.05, 4.69) is 25.3 Å². The number of carbonyl (C=O) groups excluding carboxylic acids is 1. The van der Waals surface area contributed by atoms with E-state index in [0.717, 1.165) is 51.1 Å². The van der Waals surface area contributed by atoms with E-state index in [-0.39, 0.29) is 11.3 Å². The molecule has 0 atom stereocenters. The van der Waals surface area contributed by atoms with Crippen LogP contribution in [0.1, 0.15) is 35.2 Å². The van der Waals surface area contributed by atoms with Crippen molar-refractivity contribution in [2.24, 2.45) is 5.41 Å². The second-order valence-corrected chi connectivity index (χ2v) is 6.98. The number of rotatable bonds is 4. The minimum Gasteiger partial charge on any atom is -0.381 e. The number of likely N-dealkylation sites (tertiary alicyclic amines) is 1. The molecule has 1 N–H and O–H groups in total. The Balaban J connectivity index is 1.35. The Morgan fingerprint density at radius 1 is 1.12 bits per heavy atom. The maximum atomic E-state index is 12.7. The third-order valence-corrected chi connectivity index (χ3v) is 5.24. The molecule has 26 heavy (non-hydrogen) atoms. The van der Waals surface area contributed by atoms with Gasteiger partial charge in [-0.1, -0.05) is 0 Å². The van der Waals surface area contributed by atoms with Crippen molar-refractivity contribution < 1.29 is 9.53 Å². The number of nitrogens with one attached hydrogen (secondary N) is 1. The molecule has 1 spiro atoms. The largest absolute Gasteiger partial charge is 0.381 e. The third-order valence-electron chi connectivity index (χ3n) is 5.24. The van der Waals surface area contributed by atoms with Crippen molar-refractivity contribution in [2.75, 3.05) is 31.6 Å². The Bertz CT molecular complexity index is 746. The van der Waals surface area contributed by atoms with Gasteiger partial charge in [0.25, 0.3) is 5.91 Å². The van der Waals surface area contributed by atoms with E-state index < -0.39 is 0 Å². The lowest BCUT2D eigenvalue weighted by Gasteiger charge is -2.33. The first-order chi connectivity index (χ1) is 12.7. The summed E-state index contributed by atoms with van der Waals surface area (Å²) in [6.07, 6.45) is 11.3. The summed E-state index contributed by atoms with van der Waals surface area (Å²) in [6, 6.07) is 0. The van der Waals surface area contributed by atoms with Crippen molar-refractivity contribution in [1.29, 1.82) is 0 Å². The quantitative estimate of drug-likeness (QED) is 0.890. The molecular formula is C18H22N6O2. The maximum absolute atomic E-state index is 12.7. The van der Waals surface area contributed by atoms with Crippen molar-refractivity contribution in [3.8, 4) is 0 Å². The van der Waals surface area contributed by atoms with Crippen LogP contribution < -0.4 is 5.32 Å². The molecule has 2 saturated heterocycles. The predicted molar refractivity (Wildman–Crippen MR) is 94.4 cm³/mol. The zero-order valence-corrected chi connectivity index (χ0v) is 14.6. The fourth-order valence-electron chi connectivity index (χ4n) is 3.64. The minimum atomic E-state index is 0.0105. The van der Waals surface area contributed by atoms with Gasteiger partial charge in [0.05, 0.1) is 5.56 Å². The molecule has 2 aliphatic heterocycles. The topological polar surface area (TPSA) is 93.1 Å². The average molecular weight is 354 g/mol. The first kappa shape index (κ1) is 16.8. The summed E-state index contributed by atoms with van der Waals surface area (Å²) < 4.78 is 5.47. The van der Waals surface area contributed by atoms with E-state index >= 15 is 0 Å². The van der Waals surface area contributed by atoms with Crippen LogP contribution in [0.2, 0.25) is 0 Å². The maximum Gasteiger partial charge on any atom is 0.257 e. The Kier molecular flexibility index (Phi) is 4.75. The van der Waals surface area contributed by atoms with Crippen LogP contribution in [-0.4, -0.2) is 57.0 Å². The van der Waals surface area contributed by atoms with Gasteiger partial charge in [0.1, 0.15) is 6.33 Å². The number of carbonyl (C=O) groups is 1. The summed E-state index contributed by atoms with van der Waals surface area (Å²) in [5.74, 6) is 0.490.